The molecule has 0 saturated carbocycles. The van der Waals surface area contributed by atoms with E-state index in [1.165, 1.54) is 4.31 Å². The zero-order valence-corrected chi connectivity index (χ0v) is 13.6. The van der Waals surface area contributed by atoms with Crippen LogP contribution in [0.1, 0.15) is 40.0 Å². The standard InChI is InChI=1S/C11H22FNO5S2/c1-10(2,11(3,9-12)20(16,17)18)19(14,15)13-7-5-4-6-8-13/h4-9H2,1-3H3,(H,16,17,18)/t11-/m1/s1. The van der Waals surface area contributed by atoms with Gasteiger partial charge in [-0.25, -0.2) is 17.1 Å². The van der Waals surface area contributed by atoms with Crippen LogP contribution in [0, 0.1) is 0 Å². The van der Waals surface area contributed by atoms with Gasteiger partial charge in [-0.3, -0.25) is 4.55 Å². The minimum atomic E-state index is -4.87. The Labute approximate surface area is 120 Å². The van der Waals surface area contributed by atoms with Crippen molar-refractivity contribution < 1.29 is 25.8 Å². The number of hydrogen-bond acceptors (Lipinski definition) is 4. The van der Waals surface area contributed by atoms with Gasteiger partial charge in [-0.05, 0) is 33.6 Å². The quantitative estimate of drug-likeness (QED) is 0.764. The number of halogens is 1. The molecule has 9 heteroatoms. The SMILES string of the molecule is CC(C)([C@@](C)(CF)S(=O)(=O)O)S(=O)(=O)N1CCCCC1. The van der Waals surface area contributed by atoms with Crippen LogP contribution in [0.15, 0.2) is 0 Å². The van der Waals surface area contributed by atoms with Crippen molar-refractivity contribution in [2.24, 2.45) is 0 Å². The summed E-state index contributed by atoms with van der Waals surface area (Å²) < 4.78 is 67.7. The zero-order chi connectivity index (χ0) is 15.8. The third kappa shape index (κ3) is 2.60. The first kappa shape index (κ1) is 17.8. The predicted octanol–water partition coefficient (Wildman–Crippen LogP) is 1.20. The van der Waals surface area contributed by atoms with Gasteiger partial charge in [-0.15, -0.1) is 0 Å². The first-order valence-electron chi connectivity index (χ1n) is 6.44. The molecule has 0 aromatic rings. The number of alkyl halides is 1. The lowest BCUT2D eigenvalue weighted by Crippen LogP contribution is -2.62. The van der Waals surface area contributed by atoms with Crippen molar-refractivity contribution in [1.29, 1.82) is 0 Å². The second-order valence-corrected chi connectivity index (χ2v) is 10.2. The van der Waals surface area contributed by atoms with Gasteiger partial charge in [0.25, 0.3) is 10.1 Å². The molecule has 0 bridgehead atoms. The Morgan fingerprint density at radius 2 is 1.50 bits per heavy atom. The number of hydrogen-bond donors (Lipinski definition) is 1. The third-order valence-electron chi connectivity index (χ3n) is 4.40. The van der Waals surface area contributed by atoms with E-state index >= 15 is 0 Å². The molecule has 1 atom stereocenters. The van der Waals surface area contributed by atoms with Crippen molar-refractivity contribution in [2.45, 2.75) is 49.5 Å². The van der Waals surface area contributed by atoms with E-state index < -0.39 is 36.3 Å². The molecular weight excluding hydrogens is 309 g/mol. The smallest absolute Gasteiger partial charge is 0.274 e. The summed E-state index contributed by atoms with van der Waals surface area (Å²) in [6.07, 6.45) is 2.28. The highest BCUT2D eigenvalue weighted by molar-refractivity contribution is 7.93. The van der Waals surface area contributed by atoms with Crippen LogP contribution >= 0.6 is 0 Å². The molecule has 0 aromatic carbocycles. The summed E-state index contributed by atoms with van der Waals surface area (Å²) in [5.41, 5.74) is 0. The summed E-state index contributed by atoms with van der Waals surface area (Å²) in [6, 6.07) is 0. The van der Waals surface area contributed by atoms with E-state index in [2.05, 4.69) is 0 Å². The second-order valence-electron chi connectivity index (χ2n) is 5.81. The Morgan fingerprint density at radius 3 is 1.85 bits per heavy atom. The Balaban J connectivity index is 3.33. The highest BCUT2D eigenvalue weighted by Crippen LogP contribution is 2.39. The lowest BCUT2D eigenvalue weighted by Gasteiger charge is -2.42. The van der Waals surface area contributed by atoms with Crippen molar-refractivity contribution in [2.75, 3.05) is 19.8 Å². The van der Waals surface area contributed by atoms with Crippen LogP contribution in [0.3, 0.4) is 0 Å². The molecule has 1 saturated heterocycles. The molecular formula is C11H22FNO5S2. The fourth-order valence-electron chi connectivity index (χ4n) is 2.24. The average Bonchev–Trinajstić information content (AvgIpc) is 2.36. The molecule has 1 heterocycles. The minimum Gasteiger partial charge on any atom is -0.285 e. The molecule has 0 aliphatic carbocycles. The molecule has 0 amide bonds. The minimum absolute atomic E-state index is 0.291. The predicted molar refractivity (Wildman–Crippen MR) is 74.4 cm³/mol. The van der Waals surface area contributed by atoms with Gasteiger partial charge in [0.05, 0.1) is 0 Å². The molecule has 0 radical (unpaired) electrons. The molecule has 1 rings (SSSR count). The first-order valence-corrected chi connectivity index (χ1v) is 9.32. The van der Waals surface area contributed by atoms with Crippen LogP contribution in [0.2, 0.25) is 0 Å². The summed E-state index contributed by atoms with van der Waals surface area (Å²) in [5, 5.41) is 0. The Bertz CT molecular complexity index is 551. The first-order chi connectivity index (χ1) is 8.92. The maximum Gasteiger partial charge on any atom is 0.274 e. The van der Waals surface area contributed by atoms with Gasteiger partial charge >= 0.3 is 0 Å². The Morgan fingerprint density at radius 1 is 1.05 bits per heavy atom. The zero-order valence-electron chi connectivity index (χ0n) is 12.0. The van der Waals surface area contributed by atoms with Crippen LogP contribution in [0.4, 0.5) is 4.39 Å². The summed E-state index contributed by atoms with van der Waals surface area (Å²) in [6.45, 7) is 2.31. The van der Waals surface area contributed by atoms with Gasteiger partial charge < -0.3 is 0 Å². The Hall–Kier alpha value is -0.250. The van der Waals surface area contributed by atoms with Gasteiger partial charge in [0.15, 0.2) is 0 Å². The number of rotatable bonds is 5. The molecule has 6 nitrogen and oxygen atoms in total. The van der Waals surface area contributed by atoms with Crippen LogP contribution in [0.5, 0.6) is 0 Å². The lowest BCUT2D eigenvalue weighted by atomic mass is 9.97. The fraction of sp³-hybridized carbons (Fsp3) is 1.00. The normalized spacial score (nSPS) is 22.4. The van der Waals surface area contributed by atoms with Crippen molar-refractivity contribution in [3.63, 3.8) is 0 Å². The van der Waals surface area contributed by atoms with Crippen LogP contribution in [0.25, 0.3) is 0 Å². The maximum absolute atomic E-state index is 13.3. The number of piperidine rings is 1. The van der Waals surface area contributed by atoms with E-state index in [0.29, 0.717) is 25.9 Å². The number of nitrogens with zero attached hydrogens (tertiary/aromatic N) is 1. The third-order valence-corrected chi connectivity index (χ3v) is 9.07. The molecule has 0 aromatic heterocycles. The fourth-order valence-corrected chi connectivity index (χ4v) is 5.62. The largest absolute Gasteiger partial charge is 0.285 e. The van der Waals surface area contributed by atoms with Crippen LogP contribution in [-0.4, -0.2) is 55.0 Å². The van der Waals surface area contributed by atoms with E-state index in [-0.39, 0.29) is 0 Å². The van der Waals surface area contributed by atoms with Gasteiger partial charge in [0.2, 0.25) is 10.0 Å². The van der Waals surface area contributed by atoms with E-state index in [1.807, 2.05) is 0 Å². The molecule has 120 valence electrons. The maximum atomic E-state index is 13.3. The van der Waals surface area contributed by atoms with Crippen molar-refractivity contribution in [3.8, 4) is 0 Å². The van der Waals surface area contributed by atoms with Gasteiger partial charge in [-0.1, -0.05) is 6.42 Å². The molecule has 1 fully saturated rings. The summed E-state index contributed by atoms with van der Waals surface area (Å²) in [7, 11) is -8.94. The van der Waals surface area contributed by atoms with Crippen molar-refractivity contribution in [3.05, 3.63) is 0 Å². The molecule has 1 N–H and O–H groups in total. The highest BCUT2D eigenvalue weighted by Gasteiger charge is 2.60. The van der Waals surface area contributed by atoms with E-state index in [0.717, 1.165) is 27.2 Å². The topological polar surface area (TPSA) is 91.7 Å². The summed E-state index contributed by atoms with van der Waals surface area (Å²) in [5.74, 6) is 0. The second kappa shape index (κ2) is 5.51. The van der Waals surface area contributed by atoms with Gasteiger partial charge in [0, 0.05) is 13.1 Å². The average molecular weight is 331 g/mol. The number of sulfonamides is 1. The van der Waals surface area contributed by atoms with Crippen molar-refractivity contribution >= 4 is 20.1 Å². The lowest BCUT2D eigenvalue weighted by molar-refractivity contribution is 0.286. The molecule has 1 aliphatic rings. The molecule has 20 heavy (non-hydrogen) atoms. The van der Waals surface area contributed by atoms with Crippen LogP contribution < -0.4 is 0 Å². The highest BCUT2D eigenvalue weighted by atomic mass is 32.2. The monoisotopic (exact) mass is 331 g/mol. The molecule has 0 spiro atoms. The molecule has 1 aliphatic heterocycles. The van der Waals surface area contributed by atoms with Gasteiger partial charge in [0.1, 0.15) is 16.2 Å². The van der Waals surface area contributed by atoms with E-state index in [9.17, 15) is 25.8 Å². The van der Waals surface area contributed by atoms with E-state index in [1.54, 1.807) is 0 Å². The van der Waals surface area contributed by atoms with Gasteiger partial charge in [-0.2, -0.15) is 8.42 Å². The Kier molecular flexibility index (Phi) is 4.90. The summed E-state index contributed by atoms with van der Waals surface area (Å²) in [4.78, 5) is 0. The van der Waals surface area contributed by atoms with Crippen molar-refractivity contribution in [1.82, 2.24) is 4.31 Å². The molecule has 0 unspecified atom stereocenters. The van der Waals surface area contributed by atoms with E-state index in [4.69, 9.17) is 0 Å². The summed E-state index contributed by atoms with van der Waals surface area (Å²) >= 11 is 0. The van der Waals surface area contributed by atoms with Crippen LogP contribution in [-0.2, 0) is 20.1 Å².